The zero-order chi connectivity index (χ0) is 11.9. The summed E-state index contributed by atoms with van der Waals surface area (Å²) in [6, 6.07) is 6.30. The number of nitrogens with two attached hydrogens (primary N) is 1. The van der Waals surface area contributed by atoms with Gasteiger partial charge in [0.25, 0.3) is 0 Å². The summed E-state index contributed by atoms with van der Waals surface area (Å²) < 4.78 is 5.37. The number of benzene rings is 1. The Hall–Kier alpha value is -1.02. The second-order valence-electron chi connectivity index (χ2n) is 5.32. The van der Waals surface area contributed by atoms with Gasteiger partial charge in [-0.15, -0.1) is 0 Å². The summed E-state index contributed by atoms with van der Waals surface area (Å²) in [4.78, 5) is 0. The van der Waals surface area contributed by atoms with Crippen molar-refractivity contribution in [2.45, 2.75) is 26.7 Å². The second-order valence-corrected chi connectivity index (χ2v) is 5.32. The van der Waals surface area contributed by atoms with Crippen LogP contribution in [0, 0.1) is 18.3 Å². The van der Waals surface area contributed by atoms with Crippen LogP contribution in [-0.4, -0.2) is 13.7 Å². The molecule has 2 atom stereocenters. The SMILES string of the molecule is COc1cccc([C@H]2[C@H](CN)C2(C)C)c1C. The lowest BCUT2D eigenvalue weighted by atomic mass is 9.98. The predicted octanol–water partition coefficient (Wildman–Crippen LogP) is 2.70. The van der Waals surface area contributed by atoms with Gasteiger partial charge < -0.3 is 10.5 Å². The first kappa shape index (κ1) is 11.5. The van der Waals surface area contributed by atoms with E-state index in [1.165, 1.54) is 11.1 Å². The van der Waals surface area contributed by atoms with Crippen molar-refractivity contribution in [1.29, 1.82) is 0 Å². The van der Waals surface area contributed by atoms with Crippen LogP contribution in [0.3, 0.4) is 0 Å². The van der Waals surface area contributed by atoms with Crippen LogP contribution < -0.4 is 10.5 Å². The van der Waals surface area contributed by atoms with E-state index in [0.717, 1.165) is 12.3 Å². The highest BCUT2D eigenvalue weighted by Crippen LogP contribution is 2.64. The number of methoxy groups -OCH3 is 1. The molecule has 88 valence electrons. The number of hydrogen-bond acceptors (Lipinski definition) is 2. The number of hydrogen-bond donors (Lipinski definition) is 1. The maximum Gasteiger partial charge on any atom is 0.122 e. The molecule has 1 aliphatic rings. The molecule has 1 fully saturated rings. The van der Waals surface area contributed by atoms with Gasteiger partial charge in [0.2, 0.25) is 0 Å². The van der Waals surface area contributed by atoms with Crippen LogP contribution in [-0.2, 0) is 0 Å². The molecule has 2 rings (SSSR count). The highest BCUT2D eigenvalue weighted by atomic mass is 16.5. The van der Waals surface area contributed by atoms with Crippen molar-refractivity contribution in [3.8, 4) is 5.75 Å². The molecule has 1 aliphatic carbocycles. The molecule has 2 N–H and O–H groups in total. The Morgan fingerprint density at radius 3 is 2.56 bits per heavy atom. The minimum Gasteiger partial charge on any atom is -0.496 e. The van der Waals surface area contributed by atoms with Crippen LogP contribution in [0.5, 0.6) is 5.75 Å². The van der Waals surface area contributed by atoms with Crippen molar-refractivity contribution in [1.82, 2.24) is 0 Å². The molecular weight excluding hydrogens is 198 g/mol. The van der Waals surface area contributed by atoms with Crippen molar-refractivity contribution in [3.63, 3.8) is 0 Å². The van der Waals surface area contributed by atoms with Gasteiger partial charge in [-0.1, -0.05) is 26.0 Å². The highest BCUT2D eigenvalue weighted by molar-refractivity contribution is 5.45. The lowest BCUT2D eigenvalue weighted by Crippen LogP contribution is -2.05. The standard InChI is InChI=1S/C14H21NO/c1-9-10(6-5-7-12(9)16-4)13-11(8-15)14(13,2)3/h5-7,11,13H,8,15H2,1-4H3/t11-,13-/m0/s1. The first-order valence-corrected chi connectivity index (χ1v) is 5.87. The molecule has 1 saturated carbocycles. The molecule has 0 bridgehead atoms. The third-order valence-corrected chi connectivity index (χ3v) is 4.19. The quantitative estimate of drug-likeness (QED) is 0.848. The number of rotatable bonds is 3. The van der Waals surface area contributed by atoms with E-state index in [1.54, 1.807) is 7.11 Å². The summed E-state index contributed by atoms with van der Waals surface area (Å²) in [7, 11) is 1.73. The predicted molar refractivity (Wildman–Crippen MR) is 66.8 cm³/mol. The van der Waals surface area contributed by atoms with Crippen LogP contribution >= 0.6 is 0 Å². The summed E-state index contributed by atoms with van der Waals surface area (Å²) in [6.45, 7) is 7.51. The van der Waals surface area contributed by atoms with Crippen molar-refractivity contribution < 1.29 is 4.74 Å². The smallest absolute Gasteiger partial charge is 0.122 e. The van der Waals surface area contributed by atoms with Gasteiger partial charge >= 0.3 is 0 Å². The fraction of sp³-hybridized carbons (Fsp3) is 0.571. The van der Waals surface area contributed by atoms with Gasteiger partial charge in [-0.2, -0.15) is 0 Å². The molecule has 16 heavy (non-hydrogen) atoms. The Balaban J connectivity index is 2.36. The Bertz CT molecular complexity index is 398. The van der Waals surface area contributed by atoms with E-state index in [9.17, 15) is 0 Å². The summed E-state index contributed by atoms with van der Waals surface area (Å²) in [6.07, 6.45) is 0. The molecule has 0 aliphatic heterocycles. The fourth-order valence-electron chi connectivity index (χ4n) is 2.99. The minimum atomic E-state index is 0.339. The second kappa shape index (κ2) is 3.77. The van der Waals surface area contributed by atoms with E-state index in [4.69, 9.17) is 10.5 Å². The van der Waals surface area contributed by atoms with Crippen LogP contribution in [0.25, 0.3) is 0 Å². The molecule has 0 amide bonds. The highest BCUT2D eigenvalue weighted by Gasteiger charge is 2.57. The Morgan fingerprint density at radius 1 is 1.38 bits per heavy atom. The van der Waals surface area contributed by atoms with Gasteiger partial charge in [-0.3, -0.25) is 0 Å². The maximum absolute atomic E-state index is 5.83. The first-order chi connectivity index (χ1) is 7.54. The zero-order valence-electron chi connectivity index (χ0n) is 10.6. The maximum atomic E-state index is 5.83. The number of ether oxygens (including phenoxy) is 1. The van der Waals surface area contributed by atoms with Crippen molar-refractivity contribution >= 4 is 0 Å². The average Bonchev–Trinajstić information content (AvgIpc) is 2.80. The Labute approximate surface area is 97.8 Å². The van der Waals surface area contributed by atoms with E-state index in [-0.39, 0.29) is 0 Å². The fourth-order valence-corrected chi connectivity index (χ4v) is 2.99. The topological polar surface area (TPSA) is 35.2 Å². The van der Waals surface area contributed by atoms with Crippen molar-refractivity contribution in [2.24, 2.45) is 17.1 Å². The van der Waals surface area contributed by atoms with Gasteiger partial charge in [-0.25, -0.2) is 0 Å². The van der Waals surface area contributed by atoms with Gasteiger partial charge in [0.05, 0.1) is 7.11 Å². The first-order valence-electron chi connectivity index (χ1n) is 5.87. The van der Waals surface area contributed by atoms with E-state index in [2.05, 4.69) is 32.9 Å². The van der Waals surface area contributed by atoms with Gasteiger partial charge in [-0.05, 0) is 47.9 Å². The summed E-state index contributed by atoms with van der Waals surface area (Å²) in [5, 5.41) is 0. The zero-order valence-corrected chi connectivity index (χ0v) is 10.6. The lowest BCUT2D eigenvalue weighted by molar-refractivity contribution is 0.410. The third-order valence-electron chi connectivity index (χ3n) is 4.19. The van der Waals surface area contributed by atoms with E-state index in [0.29, 0.717) is 17.3 Å². The minimum absolute atomic E-state index is 0.339. The molecule has 0 saturated heterocycles. The van der Waals surface area contributed by atoms with Crippen LogP contribution in [0.15, 0.2) is 18.2 Å². The van der Waals surface area contributed by atoms with Crippen molar-refractivity contribution in [2.75, 3.05) is 13.7 Å². The van der Waals surface area contributed by atoms with Crippen LogP contribution in [0.2, 0.25) is 0 Å². The molecule has 0 spiro atoms. The van der Waals surface area contributed by atoms with Gasteiger partial charge in [0.1, 0.15) is 5.75 Å². The molecule has 2 heteroatoms. The molecule has 2 nitrogen and oxygen atoms in total. The lowest BCUT2D eigenvalue weighted by Gasteiger charge is -2.11. The monoisotopic (exact) mass is 219 g/mol. The molecular formula is C14H21NO. The van der Waals surface area contributed by atoms with E-state index < -0.39 is 0 Å². The summed E-state index contributed by atoms with van der Waals surface area (Å²) in [5.74, 6) is 2.18. The molecule has 1 aromatic carbocycles. The molecule has 0 heterocycles. The third kappa shape index (κ3) is 1.52. The Kier molecular flexibility index (Phi) is 2.70. The molecule has 0 aromatic heterocycles. The Morgan fingerprint density at radius 2 is 2.06 bits per heavy atom. The normalized spacial score (nSPS) is 26.6. The summed E-state index contributed by atoms with van der Waals surface area (Å²) >= 11 is 0. The molecule has 0 radical (unpaired) electrons. The van der Waals surface area contributed by atoms with Gasteiger partial charge in [0, 0.05) is 0 Å². The van der Waals surface area contributed by atoms with E-state index in [1.807, 2.05) is 6.07 Å². The van der Waals surface area contributed by atoms with E-state index >= 15 is 0 Å². The van der Waals surface area contributed by atoms with Crippen molar-refractivity contribution in [3.05, 3.63) is 29.3 Å². The van der Waals surface area contributed by atoms with Gasteiger partial charge in [0.15, 0.2) is 0 Å². The summed E-state index contributed by atoms with van der Waals surface area (Å²) in [5.41, 5.74) is 8.83. The molecule has 1 aromatic rings. The van der Waals surface area contributed by atoms with Crippen LogP contribution in [0.1, 0.15) is 30.9 Å². The largest absolute Gasteiger partial charge is 0.496 e. The average molecular weight is 219 g/mol. The van der Waals surface area contributed by atoms with Crippen LogP contribution in [0.4, 0.5) is 0 Å². The molecule has 0 unspecified atom stereocenters.